The van der Waals surface area contributed by atoms with Crippen LogP contribution in [0.4, 0.5) is 0 Å². The second-order valence-corrected chi connectivity index (χ2v) is 8.34. The topological polar surface area (TPSA) is 78.3 Å². The Bertz CT molecular complexity index is 868. The van der Waals surface area contributed by atoms with Crippen molar-refractivity contribution in [3.05, 3.63) is 35.3 Å². The summed E-state index contributed by atoms with van der Waals surface area (Å²) in [6.07, 6.45) is 3.52. The van der Waals surface area contributed by atoms with Gasteiger partial charge >= 0.3 is 0 Å². The van der Waals surface area contributed by atoms with Crippen molar-refractivity contribution in [1.82, 2.24) is 14.5 Å². The van der Waals surface area contributed by atoms with Gasteiger partial charge in [0.25, 0.3) is 0 Å². The number of rotatable bonds is 1. The SMILES string of the molecule is C[C@@H]1CSc2cc(-c3cnc(C(C)(C)C)nc3)c(C#N)c(=N)n2C1. The van der Waals surface area contributed by atoms with Gasteiger partial charge in [-0.3, -0.25) is 5.41 Å². The first-order valence-electron chi connectivity index (χ1n) is 7.99. The molecule has 0 aliphatic carbocycles. The fourth-order valence-electron chi connectivity index (χ4n) is 2.73. The van der Waals surface area contributed by atoms with Crippen LogP contribution in [0.25, 0.3) is 11.1 Å². The van der Waals surface area contributed by atoms with Gasteiger partial charge in [0.05, 0.1) is 5.03 Å². The zero-order valence-corrected chi connectivity index (χ0v) is 15.2. The van der Waals surface area contributed by atoms with Gasteiger partial charge in [0.15, 0.2) is 0 Å². The normalized spacial score (nSPS) is 17.2. The van der Waals surface area contributed by atoms with Gasteiger partial charge in [-0.2, -0.15) is 5.26 Å². The molecule has 6 heteroatoms. The molecule has 0 bridgehead atoms. The number of nitrogens with zero attached hydrogens (tertiary/aromatic N) is 4. The zero-order valence-electron chi connectivity index (χ0n) is 14.4. The molecule has 2 aromatic rings. The number of hydrogen-bond donors (Lipinski definition) is 1. The summed E-state index contributed by atoms with van der Waals surface area (Å²) < 4.78 is 1.94. The number of nitriles is 1. The molecule has 24 heavy (non-hydrogen) atoms. The minimum atomic E-state index is -0.116. The maximum Gasteiger partial charge on any atom is 0.144 e. The monoisotopic (exact) mass is 339 g/mol. The fourth-order valence-corrected chi connectivity index (χ4v) is 3.82. The minimum absolute atomic E-state index is 0.116. The number of nitrogens with one attached hydrogen (secondary N) is 1. The highest BCUT2D eigenvalue weighted by atomic mass is 32.2. The predicted octanol–water partition coefficient (Wildman–Crippen LogP) is 3.34. The summed E-state index contributed by atoms with van der Waals surface area (Å²) in [4.78, 5) is 8.92. The molecule has 0 fully saturated rings. The van der Waals surface area contributed by atoms with Crippen molar-refractivity contribution in [3.63, 3.8) is 0 Å². The molecule has 2 aromatic heterocycles. The molecule has 1 aliphatic heterocycles. The Hall–Kier alpha value is -2.13. The summed E-state index contributed by atoms with van der Waals surface area (Å²) >= 11 is 1.74. The number of fused-ring (bicyclic) bond motifs is 1. The van der Waals surface area contributed by atoms with E-state index in [2.05, 4.69) is 43.7 Å². The third-order valence-corrected chi connectivity index (χ3v) is 5.44. The van der Waals surface area contributed by atoms with E-state index in [-0.39, 0.29) is 10.9 Å². The maximum absolute atomic E-state index is 9.58. The lowest BCUT2D eigenvalue weighted by Crippen LogP contribution is -2.31. The summed E-state index contributed by atoms with van der Waals surface area (Å²) in [5, 5.41) is 19.0. The van der Waals surface area contributed by atoms with Crippen LogP contribution in [0.2, 0.25) is 0 Å². The molecule has 3 heterocycles. The second kappa shape index (κ2) is 6.06. The molecule has 5 nitrogen and oxygen atoms in total. The van der Waals surface area contributed by atoms with Crippen LogP contribution >= 0.6 is 11.8 Å². The van der Waals surface area contributed by atoms with E-state index in [1.165, 1.54) is 0 Å². The van der Waals surface area contributed by atoms with Crippen molar-refractivity contribution in [2.24, 2.45) is 5.92 Å². The smallest absolute Gasteiger partial charge is 0.144 e. The Morgan fingerprint density at radius 1 is 1.33 bits per heavy atom. The summed E-state index contributed by atoms with van der Waals surface area (Å²) in [6, 6.07) is 4.20. The van der Waals surface area contributed by atoms with Crippen LogP contribution in [0.15, 0.2) is 23.5 Å². The van der Waals surface area contributed by atoms with Crippen molar-refractivity contribution >= 4 is 11.8 Å². The van der Waals surface area contributed by atoms with Crippen molar-refractivity contribution in [2.75, 3.05) is 5.75 Å². The van der Waals surface area contributed by atoms with E-state index >= 15 is 0 Å². The van der Waals surface area contributed by atoms with Crippen LogP contribution in [-0.4, -0.2) is 20.3 Å². The molecule has 0 radical (unpaired) electrons. The van der Waals surface area contributed by atoms with Crippen LogP contribution in [-0.2, 0) is 12.0 Å². The van der Waals surface area contributed by atoms with Gasteiger partial charge in [0.2, 0.25) is 0 Å². The molecular weight excluding hydrogens is 318 g/mol. The molecule has 0 saturated carbocycles. The molecule has 0 aromatic carbocycles. The van der Waals surface area contributed by atoms with Crippen molar-refractivity contribution in [1.29, 1.82) is 10.7 Å². The highest BCUT2D eigenvalue weighted by molar-refractivity contribution is 7.99. The van der Waals surface area contributed by atoms with Crippen molar-refractivity contribution in [2.45, 2.75) is 44.7 Å². The number of pyridine rings is 1. The summed E-state index contributed by atoms with van der Waals surface area (Å²) in [5.74, 6) is 2.30. The van der Waals surface area contributed by atoms with Gasteiger partial charge in [-0.05, 0) is 12.0 Å². The van der Waals surface area contributed by atoms with Gasteiger partial charge in [0, 0.05) is 41.2 Å². The first-order chi connectivity index (χ1) is 11.3. The number of aromatic nitrogens is 3. The molecule has 1 atom stereocenters. The molecule has 3 rings (SSSR count). The highest BCUT2D eigenvalue weighted by Crippen LogP contribution is 2.31. The molecular formula is C18H21N5S. The van der Waals surface area contributed by atoms with Crippen LogP contribution in [0, 0.1) is 22.7 Å². The van der Waals surface area contributed by atoms with Crippen LogP contribution < -0.4 is 5.49 Å². The number of thioether (sulfide) groups is 1. The average molecular weight is 339 g/mol. The second-order valence-electron chi connectivity index (χ2n) is 7.30. The number of hydrogen-bond acceptors (Lipinski definition) is 5. The van der Waals surface area contributed by atoms with E-state index < -0.39 is 0 Å². The van der Waals surface area contributed by atoms with Crippen LogP contribution in [0.5, 0.6) is 0 Å². The zero-order chi connectivity index (χ0) is 17.5. The summed E-state index contributed by atoms with van der Waals surface area (Å²) in [6.45, 7) is 9.16. The Labute approximate surface area is 146 Å². The highest BCUT2D eigenvalue weighted by Gasteiger charge is 2.21. The Balaban J connectivity index is 2.14. The van der Waals surface area contributed by atoms with Crippen LogP contribution in [0.1, 0.15) is 39.1 Å². The van der Waals surface area contributed by atoms with Gasteiger partial charge in [-0.25, -0.2) is 9.97 Å². The molecule has 1 aliphatic rings. The summed E-state index contributed by atoms with van der Waals surface area (Å²) in [5.41, 5.74) is 2.09. The van der Waals surface area contributed by atoms with E-state index in [0.717, 1.165) is 34.3 Å². The Morgan fingerprint density at radius 3 is 2.58 bits per heavy atom. The van der Waals surface area contributed by atoms with Gasteiger partial charge in [0.1, 0.15) is 22.9 Å². The lowest BCUT2D eigenvalue weighted by molar-refractivity contribution is 0.467. The van der Waals surface area contributed by atoms with E-state index in [9.17, 15) is 5.26 Å². The molecule has 1 N–H and O–H groups in total. The van der Waals surface area contributed by atoms with Crippen molar-refractivity contribution < 1.29 is 0 Å². The average Bonchev–Trinajstić information content (AvgIpc) is 2.54. The Morgan fingerprint density at radius 2 is 2.00 bits per heavy atom. The molecule has 124 valence electrons. The largest absolute Gasteiger partial charge is 0.320 e. The Kier molecular flexibility index (Phi) is 4.22. The summed E-state index contributed by atoms with van der Waals surface area (Å²) in [7, 11) is 0. The van der Waals surface area contributed by atoms with E-state index in [4.69, 9.17) is 5.41 Å². The molecule has 0 saturated heterocycles. The van der Waals surface area contributed by atoms with Gasteiger partial charge in [-0.1, -0.05) is 27.7 Å². The maximum atomic E-state index is 9.58. The third-order valence-electron chi connectivity index (χ3n) is 4.07. The van der Waals surface area contributed by atoms with Gasteiger partial charge in [-0.15, -0.1) is 11.8 Å². The van der Waals surface area contributed by atoms with E-state index in [1.54, 1.807) is 24.2 Å². The fraction of sp³-hybridized carbons (Fsp3) is 0.444. The van der Waals surface area contributed by atoms with Crippen LogP contribution in [0.3, 0.4) is 0 Å². The van der Waals surface area contributed by atoms with E-state index in [0.29, 0.717) is 11.5 Å². The van der Waals surface area contributed by atoms with Crippen molar-refractivity contribution in [3.8, 4) is 17.2 Å². The minimum Gasteiger partial charge on any atom is -0.320 e. The first-order valence-corrected chi connectivity index (χ1v) is 8.98. The molecule has 0 spiro atoms. The predicted molar refractivity (Wildman–Crippen MR) is 94.6 cm³/mol. The molecule has 0 amide bonds. The third kappa shape index (κ3) is 2.96. The van der Waals surface area contributed by atoms with E-state index in [1.807, 2.05) is 10.6 Å². The molecule has 0 unspecified atom stereocenters. The quantitative estimate of drug-likeness (QED) is 0.864. The lowest BCUT2D eigenvalue weighted by atomic mass is 9.95. The van der Waals surface area contributed by atoms with Gasteiger partial charge < -0.3 is 4.57 Å². The first kappa shape index (κ1) is 16.7. The standard InChI is InChI=1S/C18H21N5S/c1-11-9-23-15(24-10-11)5-13(14(6-19)16(23)20)12-7-21-17(22-8-12)18(2,3)4/h5,7-8,11,20H,9-10H2,1-4H3/t11-/m0/s1. The lowest BCUT2D eigenvalue weighted by Gasteiger charge is -2.25.